The Balaban J connectivity index is 1.25. The molecule has 2 amide bonds. The minimum Gasteiger partial charge on any atom is -0.450 e. The van der Waals surface area contributed by atoms with Gasteiger partial charge in [0.05, 0.1) is 12.6 Å². The average molecular weight is 412 g/mol. The monoisotopic (exact) mass is 411 g/mol. The third-order valence-electron chi connectivity index (χ3n) is 8.02. The van der Waals surface area contributed by atoms with E-state index in [9.17, 15) is 9.59 Å². The number of amides is 2. The van der Waals surface area contributed by atoms with Gasteiger partial charge >= 0.3 is 6.09 Å². The molecule has 30 heavy (non-hydrogen) atoms. The highest BCUT2D eigenvalue weighted by Gasteiger charge is 2.49. The zero-order valence-electron chi connectivity index (χ0n) is 17.9. The molecule has 2 atom stereocenters. The van der Waals surface area contributed by atoms with Crippen LogP contribution in [0, 0.1) is 5.92 Å². The second kappa shape index (κ2) is 7.88. The van der Waals surface area contributed by atoms with E-state index in [1.165, 1.54) is 24.0 Å². The van der Waals surface area contributed by atoms with Gasteiger partial charge in [0.1, 0.15) is 0 Å². The normalized spacial score (nSPS) is 28.7. The summed E-state index contributed by atoms with van der Waals surface area (Å²) in [6.07, 6.45) is 6.04. The van der Waals surface area contributed by atoms with Gasteiger partial charge in [-0.25, -0.2) is 4.79 Å². The van der Waals surface area contributed by atoms with Crippen LogP contribution in [0.3, 0.4) is 0 Å². The van der Waals surface area contributed by atoms with Gasteiger partial charge in [-0.1, -0.05) is 24.3 Å². The van der Waals surface area contributed by atoms with E-state index in [4.69, 9.17) is 4.74 Å². The topological polar surface area (TPSA) is 61.9 Å². The fourth-order valence-corrected chi connectivity index (χ4v) is 6.51. The molecule has 6 nitrogen and oxygen atoms in total. The summed E-state index contributed by atoms with van der Waals surface area (Å²) in [5, 5.41) is 3.22. The van der Waals surface area contributed by atoms with E-state index in [0.717, 1.165) is 45.4 Å². The predicted molar refractivity (Wildman–Crippen MR) is 114 cm³/mol. The maximum atomic E-state index is 12.1. The Morgan fingerprint density at radius 2 is 1.90 bits per heavy atom. The van der Waals surface area contributed by atoms with Crippen LogP contribution in [-0.2, 0) is 14.9 Å². The molecule has 3 fully saturated rings. The number of nitrogens with one attached hydrogen (secondary N) is 1. The maximum absolute atomic E-state index is 12.1. The molecule has 1 aliphatic carbocycles. The van der Waals surface area contributed by atoms with Crippen LogP contribution in [-0.4, -0.2) is 60.6 Å². The van der Waals surface area contributed by atoms with Crippen molar-refractivity contribution in [3.8, 4) is 0 Å². The van der Waals surface area contributed by atoms with Crippen molar-refractivity contribution in [3.63, 3.8) is 0 Å². The van der Waals surface area contributed by atoms with Crippen molar-refractivity contribution in [1.82, 2.24) is 15.1 Å². The van der Waals surface area contributed by atoms with Gasteiger partial charge < -0.3 is 19.9 Å². The molecule has 5 rings (SSSR count). The summed E-state index contributed by atoms with van der Waals surface area (Å²) in [5.74, 6) is 0.648. The van der Waals surface area contributed by atoms with Gasteiger partial charge in [0.25, 0.3) is 0 Å². The fourth-order valence-electron chi connectivity index (χ4n) is 6.51. The quantitative estimate of drug-likeness (QED) is 0.812. The van der Waals surface area contributed by atoms with Gasteiger partial charge in [-0.3, -0.25) is 4.79 Å². The van der Waals surface area contributed by atoms with Crippen molar-refractivity contribution in [2.45, 2.75) is 62.9 Å². The molecular weight excluding hydrogens is 378 g/mol. The Morgan fingerprint density at radius 3 is 2.63 bits per heavy atom. The summed E-state index contributed by atoms with van der Waals surface area (Å²) in [7, 11) is 0. The number of hydrogen-bond donors (Lipinski definition) is 1. The van der Waals surface area contributed by atoms with E-state index in [0.29, 0.717) is 25.0 Å². The number of benzene rings is 1. The smallest absolute Gasteiger partial charge is 0.409 e. The molecule has 1 aromatic rings. The van der Waals surface area contributed by atoms with Crippen molar-refractivity contribution in [2.75, 3.05) is 32.8 Å². The molecule has 0 saturated carbocycles. The molecule has 1 N–H and O–H groups in total. The number of hydrogen-bond acceptors (Lipinski definition) is 4. The first-order chi connectivity index (χ1) is 14.6. The molecule has 3 saturated heterocycles. The molecule has 0 bridgehead atoms. The fraction of sp³-hybridized carbons (Fsp3) is 0.667. The molecule has 0 radical (unpaired) electrons. The second-order valence-corrected chi connectivity index (χ2v) is 9.53. The molecule has 0 aromatic heterocycles. The minimum atomic E-state index is -0.165. The first kappa shape index (κ1) is 19.9. The van der Waals surface area contributed by atoms with Crippen LogP contribution in [0.5, 0.6) is 0 Å². The lowest BCUT2D eigenvalue weighted by molar-refractivity contribution is -0.119. The Kier molecular flexibility index (Phi) is 5.21. The summed E-state index contributed by atoms with van der Waals surface area (Å²) in [5.41, 5.74) is 3.05. The molecule has 1 spiro atoms. The number of carbonyl (C=O) groups is 2. The Hall–Kier alpha value is -2.08. The largest absolute Gasteiger partial charge is 0.450 e. The van der Waals surface area contributed by atoms with Crippen molar-refractivity contribution in [1.29, 1.82) is 0 Å². The van der Waals surface area contributed by atoms with Gasteiger partial charge in [-0.15, -0.1) is 0 Å². The Labute approximate surface area is 178 Å². The van der Waals surface area contributed by atoms with Gasteiger partial charge in [-0.05, 0) is 74.6 Å². The molecule has 0 unspecified atom stereocenters. The highest BCUT2D eigenvalue weighted by Crippen LogP contribution is 2.53. The van der Waals surface area contributed by atoms with E-state index < -0.39 is 0 Å². The number of carbonyl (C=O) groups excluding carboxylic acids is 2. The van der Waals surface area contributed by atoms with Crippen LogP contribution < -0.4 is 5.32 Å². The summed E-state index contributed by atoms with van der Waals surface area (Å²) < 4.78 is 5.16. The number of likely N-dealkylation sites (tertiary alicyclic amines) is 2. The number of nitrogens with zero attached hydrogens (tertiary/aromatic N) is 2. The SMILES string of the molecule is CCOC(=O)N1CCC(N2CCC3(CC2)C[C@H]2CC(=O)N[C@H]2c2ccccc23)CC1. The lowest BCUT2D eigenvalue weighted by Crippen LogP contribution is -2.52. The lowest BCUT2D eigenvalue weighted by atomic mass is 9.60. The Morgan fingerprint density at radius 1 is 1.17 bits per heavy atom. The van der Waals surface area contributed by atoms with E-state index in [1.807, 2.05) is 11.8 Å². The number of piperidine rings is 2. The highest BCUT2D eigenvalue weighted by molar-refractivity contribution is 5.80. The molecule has 3 aliphatic heterocycles. The summed E-state index contributed by atoms with van der Waals surface area (Å²) in [6.45, 7) is 6.11. The summed E-state index contributed by atoms with van der Waals surface area (Å²) in [6, 6.07) is 9.60. The van der Waals surface area contributed by atoms with Crippen LogP contribution in [0.15, 0.2) is 24.3 Å². The standard InChI is InChI=1S/C24H33N3O3/c1-2-30-23(29)27-11-7-18(8-12-27)26-13-9-24(10-14-26)16-17-15-21(28)25-22(17)19-5-3-4-6-20(19)24/h3-6,17-18,22H,2,7-16H2,1H3,(H,25,28)/t17-,22-/m1/s1. The minimum absolute atomic E-state index is 0.165. The van der Waals surface area contributed by atoms with Crippen LogP contribution in [0.1, 0.15) is 62.6 Å². The third-order valence-corrected chi connectivity index (χ3v) is 8.02. The lowest BCUT2D eigenvalue weighted by Gasteiger charge is -2.50. The van der Waals surface area contributed by atoms with E-state index in [2.05, 4.69) is 34.5 Å². The van der Waals surface area contributed by atoms with Crippen molar-refractivity contribution >= 4 is 12.0 Å². The first-order valence-electron chi connectivity index (χ1n) is 11.6. The average Bonchev–Trinajstić information content (AvgIpc) is 3.15. The van der Waals surface area contributed by atoms with E-state index in [-0.39, 0.29) is 23.5 Å². The molecular formula is C24H33N3O3. The number of fused-ring (bicyclic) bond motifs is 4. The predicted octanol–water partition coefficient (Wildman–Crippen LogP) is 3.22. The molecule has 162 valence electrons. The molecule has 6 heteroatoms. The van der Waals surface area contributed by atoms with E-state index in [1.54, 1.807) is 0 Å². The van der Waals surface area contributed by atoms with Gasteiger partial charge in [0, 0.05) is 25.6 Å². The van der Waals surface area contributed by atoms with Gasteiger partial charge in [-0.2, -0.15) is 0 Å². The number of ether oxygens (including phenoxy) is 1. The zero-order chi connectivity index (χ0) is 20.7. The second-order valence-electron chi connectivity index (χ2n) is 9.53. The number of rotatable bonds is 2. The molecule has 3 heterocycles. The highest BCUT2D eigenvalue weighted by atomic mass is 16.6. The maximum Gasteiger partial charge on any atom is 0.409 e. The van der Waals surface area contributed by atoms with Crippen LogP contribution in [0.2, 0.25) is 0 Å². The van der Waals surface area contributed by atoms with Crippen molar-refractivity contribution in [3.05, 3.63) is 35.4 Å². The zero-order valence-corrected chi connectivity index (χ0v) is 17.9. The molecule has 1 aromatic carbocycles. The van der Waals surface area contributed by atoms with Crippen LogP contribution >= 0.6 is 0 Å². The summed E-state index contributed by atoms with van der Waals surface area (Å²) in [4.78, 5) is 28.6. The van der Waals surface area contributed by atoms with Gasteiger partial charge in [0.15, 0.2) is 0 Å². The summed E-state index contributed by atoms with van der Waals surface area (Å²) >= 11 is 0. The van der Waals surface area contributed by atoms with Crippen LogP contribution in [0.4, 0.5) is 4.79 Å². The van der Waals surface area contributed by atoms with E-state index >= 15 is 0 Å². The Bertz CT molecular complexity index is 810. The van der Waals surface area contributed by atoms with Gasteiger partial charge in [0.2, 0.25) is 5.91 Å². The molecule has 4 aliphatic rings. The van der Waals surface area contributed by atoms with Crippen molar-refractivity contribution in [2.24, 2.45) is 5.92 Å². The first-order valence-corrected chi connectivity index (χ1v) is 11.6. The van der Waals surface area contributed by atoms with Crippen LogP contribution in [0.25, 0.3) is 0 Å². The third kappa shape index (κ3) is 3.39. The van der Waals surface area contributed by atoms with Crippen molar-refractivity contribution < 1.29 is 14.3 Å².